The summed E-state index contributed by atoms with van der Waals surface area (Å²) in [5.41, 5.74) is 1.36. The van der Waals surface area contributed by atoms with Crippen LogP contribution in [0.3, 0.4) is 0 Å². The van der Waals surface area contributed by atoms with Crippen LogP contribution in [0.1, 0.15) is 5.69 Å². The molecular weight excluding hydrogens is 273 g/mol. The molecule has 3 nitrogen and oxygen atoms in total. The second kappa shape index (κ2) is 5.72. The topological polar surface area (TPSA) is 14.8 Å². The van der Waals surface area contributed by atoms with Gasteiger partial charge in [0.1, 0.15) is 0 Å². The van der Waals surface area contributed by atoms with Crippen molar-refractivity contribution in [1.29, 1.82) is 0 Å². The molecule has 0 amide bonds. The van der Waals surface area contributed by atoms with E-state index in [1.165, 1.54) is 5.69 Å². The van der Waals surface area contributed by atoms with Crippen molar-refractivity contribution >= 4 is 20.1 Å². The minimum absolute atomic E-state index is 0.631. The van der Waals surface area contributed by atoms with Gasteiger partial charge >= 0.3 is 0 Å². The summed E-state index contributed by atoms with van der Waals surface area (Å²) in [6.07, 6.45) is 12.9. The largest absolute Gasteiger partial charge is 0.299 e. The number of nitrogens with zero attached hydrogens (tertiary/aromatic N) is 3. The van der Waals surface area contributed by atoms with Gasteiger partial charge in [0.05, 0.1) is 0 Å². The summed E-state index contributed by atoms with van der Waals surface area (Å²) in [5.74, 6) is 1.04. The van der Waals surface area contributed by atoms with Crippen LogP contribution >= 0.6 is 20.1 Å². The molecule has 0 aromatic carbocycles. The zero-order valence-electron chi connectivity index (χ0n) is 10.8. The van der Waals surface area contributed by atoms with Crippen LogP contribution in [-0.4, -0.2) is 19.3 Å². The van der Waals surface area contributed by atoms with E-state index >= 15 is 0 Å². The first-order chi connectivity index (χ1) is 9.40. The smallest absolute Gasteiger partial charge is 0.220 e. The third kappa shape index (κ3) is 2.51. The lowest BCUT2D eigenvalue weighted by Crippen LogP contribution is -2.07. The summed E-state index contributed by atoms with van der Waals surface area (Å²) >= 11 is 1.86. The van der Waals surface area contributed by atoms with E-state index in [4.69, 9.17) is 0 Å². The molecule has 5 heteroatoms. The van der Waals surface area contributed by atoms with E-state index in [0.717, 1.165) is 5.75 Å². The van der Waals surface area contributed by atoms with Gasteiger partial charge in [-0.1, -0.05) is 0 Å². The molecule has 0 aliphatic rings. The maximum absolute atomic E-state index is 2.38. The van der Waals surface area contributed by atoms with Crippen LogP contribution in [-0.2, 0) is 5.75 Å². The Kier molecular flexibility index (Phi) is 3.81. The summed E-state index contributed by atoms with van der Waals surface area (Å²) in [6.45, 7) is 0. The van der Waals surface area contributed by atoms with Gasteiger partial charge < -0.3 is 0 Å². The van der Waals surface area contributed by atoms with E-state index in [9.17, 15) is 0 Å². The fourth-order valence-electron chi connectivity index (χ4n) is 2.08. The van der Waals surface area contributed by atoms with Gasteiger partial charge in [-0.15, -0.1) is 0 Å². The van der Waals surface area contributed by atoms with Crippen LogP contribution in [0.25, 0.3) is 0 Å². The number of thioether (sulfide) groups is 1. The molecule has 0 bridgehead atoms. The minimum atomic E-state index is -0.631. The highest BCUT2D eigenvalue weighted by atomic mass is 32.2. The Morgan fingerprint density at radius 1 is 0.895 bits per heavy atom. The highest BCUT2D eigenvalue weighted by Gasteiger charge is 2.16. The predicted molar refractivity (Wildman–Crippen MR) is 83.6 cm³/mol. The molecule has 0 aliphatic carbocycles. The predicted octanol–water partition coefficient (Wildman–Crippen LogP) is 4.13. The standard InChI is InChI=1S/C14H16N3PS/c1-19-13-14-7-6-12-17(14)18(15-8-2-3-9-15)16-10-4-5-11-16/h2-12H,13H2,1H3. The molecule has 3 rings (SSSR count). The molecule has 0 fully saturated rings. The van der Waals surface area contributed by atoms with Gasteiger partial charge in [-0.2, -0.15) is 11.8 Å². The van der Waals surface area contributed by atoms with Crippen LogP contribution in [0, 0.1) is 0 Å². The van der Waals surface area contributed by atoms with E-state index in [1.807, 2.05) is 11.8 Å². The Balaban J connectivity index is 2.07. The van der Waals surface area contributed by atoms with Crippen molar-refractivity contribution in [2.45, 2.75) is 5.75 Å². The molecule has 0 atom stereocenters. The lowest BCUT2D eigenvalue weighted by molar-refractivity contribution is 1.02. The van der Waals surface area contributed by atoms with Gasteiger partial charge in [0, 0.05) is 42.4 Å². The zero-order valence-corrected chi connectivity index (χ0v) is 12.5. The fraction of sp³-hybridized carbons (Fsp3) is 0.143. The lowest BCUT2D eigenvalue weighted by Gasteiger charge is -2.23. The first-order valence-electron chi connectivity index (χ1n) is 6.12. The van der Waals surface area contributed by atoms with Crippen LogP contribution < -0.4 is 0 Å². The van der Waals surface area contributed by atoms with Crippen molar-refractivity contribution in [3.63, 3.8) is 0 Å². The average molecular weight is 289 g/mol. The van der Waals surface area contributed by atoms with Crippen molar-refractivity contribution in [3.8, 4) is 0 Å². The third-order valence-corrected chi connectivity index (χ3v) is 5.61. The molecule has 0 saturated heterocycles. The van der Waals surface area contributed by atoms with Crippen LogP contribution in [0.5, 0.6) is 0 Å². The molecule has 0 unspecified atom stereocenters. The Labute approximate surface area is 118 Å². The van der Waals surface area contributed by atoms with Crippen LogP contribution in [0.4, 0.5) is 0 Å². The molecule has 0 aliphatic heterocycles. The number of rotatable bonds is 5. The molecule has 3 aromatic rings. The highest BCUT2D eigenvalue weighted by molar-refractivity contribution is 7.97. The normalized spacial score (nSPS) is 11.3. The molecule has 0 N–H and O–H groups in total. The van der Waals surface area contributed by atoms with E-state index in [-0.39, 0.29) is 0 Å². The van der Waals surface area contributed by atoms with E-state index < -0.39 is 8.37 Å². The minimum Gasteiger partial charge on any atom is -0.299 e. The average Bonchev–Trinajstić information content (AvgIpc) is 3.14. The van der Waals surface area contributed by atoms with Crippen molar-refractivity contribution < 1.29 is 0 Å². The van der Waals surface area contributed by atoms with E-state index in [1.54, 1.807) is 0 Å². The van der Waals surface area contributed by atoms with Gasteiger partial charge in [0.2, 0.25) is 8.37 Å². The van der Waals surface area contributed by atoms with Crippen molar-refractivity contribution in [2.75, 3.05) is 6.26 Å². The monoisotopic (exact) mass is 289 g/mol. The number of aromatic nitrogens is 3. The van der Waals surface area contributed by atoms with Crippen molar-refractivity contribution in [3.05, 3.63) is 73.1 Å². The first-order valence-corrected chi connectivity index (χ1v) is 8.71. The van der Waals surface area contributed by atoms with Gasteiger partial charge in [-0.25, -0.2) is 0 Å². The summed E-state index contributed by atoms with van der Waals surface area (Å²) < 4.78 is 6.93. The Bertz CT molecular complexity index is 579. The second-order valence-corrected chi connectivity index (χ2v) is 6.93. The Morgan fingerprint density at radius 2 is 1.47 bits per heavy atom. The summed E-state index contributed by atoms with van der Waals surface area (Å²) in [6, 6.07) is 12.7. The lowest BCUT2D eigenvalue weighted by atomic mass is 10.5. The van der Waals surface area contributed by atoms with Gasteiger partial charge in [-0.3, -0.25) is 13.0 Å². The highest BCUT2D eigenvalue weighted by Crippen LogP contribution is 2.42. The molecule has 3 heterocycles. The summed E-state index contributed by atoms with van der Waals surface area (Å²) in [5, 5.41) is 0. The van der Waals surface area contributed by atoms with Gasteiger partial charge in [0.15, 0.2) is 0 Å². The van der Waals surface area contributed by atoms with Crippen LogP contribution in [0.2, 0.25) is 0 Å². The summed E-state index contributed by atoms with van der Waals surface area (Å²) in [4.78, 5) is 0. The number of hydrogen-bond acceptors (Lipinski definition) is 1. The molecule has 98 valence electrons. The maximum atomic E-state index is 2.38. The Hall–Kier alpha value is -1.38. The second-order valence-electron chi connectivity index (χ2n) is 4.17. The molecule has 0 saturated carbocycles. The third-order valence-electron chi connectivity index (χ3n) is 2.89. The molecule has 3 aromatic heterocycles. The van der Waals surface area contributed by atoms with E-state index in [0.29, 0.717) is 0 Å². The van der Waals surface area contributed by atoms with E-state index in [2.05, 4.69) is 86.7 Å². The van der Waals surface area contributed by atoms with Crippen molar-refractivity contribution in [1.82, 2.24) is 13.0 Å². The zero-order chi connectivity index (χ0) is 13.1. The van der Waals surface area contributed by atoms with Crippen LogP contribution in [0.15, 0.2) is 67.4 Å². The molecule has 0 radical (unpaired) electrons. The quantitative estimate of drug-likeness (QED) is 0.645. The summed E-state index contributed by atoms with van der Waals surface area (Å²) in [7, 11) is -0.631. The fourth-order valence-corrected chi connectivity index (χ4v) is 4.73. The van der Waals surface area contributed by atoms with Crippen molar-refractivity contribution in [2.24, 2.45) is 0 Å². The molecule has 19 heavy (non-hydrogen) atoms. The first kappa shape index (κ1) is 12.6. The molecular formula is C14H16N3PS. The maximum Gasteiger partial charge on any atom is 0.220 e. The van der Waals surface area contributed by atoms with Gasteiger partial charge in [-0.05, 0) is 42.7 Å². The van der Waals surface area contributed by atoms with Gasteiger partial charge in [0.25, 0.3) is 0 Å². The SMILES string of the molecule is CSCc1cccn1P(n1cccc1)n1cccc1. The molecule has 0 spiro atoms. The number of hydrogen-bond donors (Lipinski definition) is 0. The Morgan fingerprint density at radius 3 is 2.00 bits per heavy atom.